The average Bonchev–Trinajstić information content (AvgIpc) is 2.80. The molecule has 0 aliphatic carbocycles. The summed E-state index contributed by atoms with van der Waals surface area (Å²) in [7, 11) is 1.63. The van der Waals surface area contributed by atoms with Gasteiger partial charge < -0.3 is 15.0 Å². The van der Waals surface area contributed by atoms with E-state index in [-0.39, 0.29) is 11.8 Å². The van der Waals surface area contributed by atoms with E-state index < -0.39 is 0 Å². The summed E-state index contributed by atoms with van der Waals surface area (Å²) in [5.41, 5.74) is 1.99. The minimum absolute atomic E-state index is 0.0339. The Morgan fingerprint density at radius 2 is 1.97 bits per heavy atom. The van der Waals surface area contributed by atoms with Gasteiger partial charge in [0.05, 0.1) is 13.0 Å². The van der Waals surface area contributed by atoms with Crippen LogP contribution in [0.25, 0.3) is 0 Å². The molecule has 0 spiro atoms. The van der Waals surface area contributed by atoms with Crippen molar-refractivity contribution in [3.8, 4) is 5.75 Å². The zero-order valence-corrected chi connectivity index (χ0v) is 18.6. The number of aryl methyl sites for hydroxylation is 1. The molecule has 1 amide bonds. The molecule has 1 saturated heterocycles. The van der Waals surface area contributed by atoms with Crippen LogP contribution in [0.15, 0.2) is 70.8 Å². The monoisotopic (exact) mass is 434 g/mol. The van der Waals surface area contributed by atoms with Crippen molar-refractivity contribution in [3.63, 3.8) is 0 Å². The molecule has 1 fully saturated rings. The lowest BCUT2D eigenvalue weighted by atomic mass is 9.97. The van der Waals surface area contributed by atoms with Gasteiger partial charge in [0.15, 0.2) is 5.82 Å². The molecule has 0 bridgehead atoms. The lowest BCUT2D eigenvalue weighted by Crippen LogP contribution is -2.41. The van der Waals surface area contributed by atoms with E-state index in [1.165, 1.54) is 5.56 Å². The maximum Gasteiger partial charge on any atom is 0.229 e. The molecule has 1 N–H and O–H groups in total. The Morgan fingerprint density at radius 1 is 1.16 bits per heavy atom. The SMILES string of the molecule is COc1ccc(NC(=O)[C@H]2CCCN(c3nccnc3Sc3cccc(C)c3)C2)cc1. The lowest BCUT2D eigenvalue weighted by molar-refractivity contribution is -0.120. The van der Waals surface area contributed by atoms with Crippen LogP contribution in [-0.2, 0) is 4.79 Å². The number of hydrogen-bond donors (Lipinski definition) is 1. The maximum atomic E-state index is 12.9. The minimum Gasteiger partial charge on any atom is -0.497 e. The molecule has 160 valence electrons. The van der Waals surface area contributed by atoms with Crippen molar-refractivity contribution in [1.29, 1.82) is 0 Å². The smallest absolute Gasteiger partial charge is 0.229 e. The van der Waals surface area contributed by atoms with Crippen molar-refractivity contribution >= 4 is 29.2 Å². The fourth-order valence-electron chi connectivity index (χ4n) is 3.70. The van der Waals surface area contributed by atoms with Crippen molar-refractivity contribution in [2.24, 2.45) is 5.92 Å². The van der Waals surface area contributed by atoms with Crippen molar-refractivity contribution in [2.75, 3.05) is 30.4 Å². The van der Waals surface area contributed by atoms with Crippen LogP contribution in [0.5, 0.6) is 5.75 Å². The van der Waals surface area contributed by atoms with Crippen LogP contribution in [-0.4, -0.2) is 36.1 Å². The largest absolute Gasteiger partial charge is 0.497 e. The molecule has 4 rings (SSSR count). The van der Waals surface area contributed by atoms with Gasteiger partial charge in [-0.2, -0.15) is 0 Å². The number of carbonyl (C=O) groups is 1. The van der Waals surface area contributed by atoms with Gasteiger partial charge >= 0.3 is 0 Å². The summed E-state index contributed by atoms with van der Waals surface area (Å²) in [6, 6.07) is 15.8. The second-order valence-corrected chi connectivity index (χ2v) is 8.67. The minimum atomic E-state index is -0.102. The van der Waals surface area contributed by atoms with Crippen molar-refractivity contribution in [3.05, 3.63) is 66.5 Å². The first kappa shape index (κ1) is 21.2. The zero-order chi connectivity index (χ0) is 21.6. The van der Waals surface area contributed by atoms with Gasteiger partial charge in [0.1, 0.15) is 10.8 Å². The Morgan fingerprint density at radius 3 is 2.74 bits per heavy atom. The third-order valence-electron chi connectivity index (χ3n) is 5.30. The third-order valence-corrected chi connectivity index (χ3v) is 6.27. The number of hydrogen-bond acceptors (Lipinski definition) is 6. The number of ether oxygens (including phenoxy) is 1. The quantitative estimate of drug-likeness (QED) is 0.601. The number of aromatic nitrogens is 2. The predicted molar refractivity (Wildman–Crippen MR) is 124 cm³/mol. The number of carbonyl (C=O) groups excluding carboxylic acids is 1. The van der Waals surface area contributed by atoms with Gasteiger partial charge in [0.2, 0.25) is 5.91 Å². The van der Waals surface area contributed by atoms with E-state index in [9.17, 15) is 4.79 Å². The third kappa shape index (κ3) is 5.35. The van der Waals surface area contributed by atoms with Crippen LogP contribution in [0.1, 0.15) is 18.4 Å². The van der Waals surface area contributed by atoms with Gasteiger partial charge in [-0.05, 0) is 56.2 Å². The number of rotatable bonds is 6. The zero-order valence-electron chi connectivity index (χ0n) is 17.7. The van der Waals surface area contributed by atoms with Crippen LogP contribution in [0.3, 0.4) is 0 Å². The number of anilines is 2. The normalized spacial score (nSPS) is 16.1. The maximum absolute atomic E-state index is 12.9. The molecule has 31 heavy (non-hydrogen) atoms. The fraction of sp³-hybridized carbons (Fsp3) is 0.292. The van der Waals surface area contributed by atoms with Crippen LogP contribution < -0.4 is 15.0 Å². The summed E-state index contributed by atoms with van der Waals surface area (Å²) < 4.78 is 5.18. The summed E-state index contributed by atoms with van der Waals surface area (Å²) in [5.74, 6) is 1.54. The molecule has 0 saturated carbocycles. The molecule has 2 aromatic carbocycles. The number of piperidine rings is 1. The van der Waals surface area contributed by atoms with Gasteiger partial charge in [-0.1, -0.05) is 29.5 Å². The topological polar surface area (TPSA) is 67.3 Å². The molecule has 2 heterocycles. The standard InChI is InChI=1S/C24H26N4O2S/c1-17-5-3-7-21(15-17)31-24-22(25-12-13-26-24)28-14-4-6-18(16-28)23(29)27-19-8-10-20(30-2)11-9-19/h3,5,7-13,15,18H,4,6,14,16H2,1-2H3,(H,27,29)/t18-/m0/s1. The first-order chi connectivity index (χ1) is 15.1. The molecule has 1 atom stereocenters. The van der Waals surface area contributed by atoms with Gasteiger partial charge in [0.25, 0.3) is 0 Å². The van der Waals surface area contributed by atoms with Crippen LogP contribution >= 0.6 is 11.8 Å². The van der Waals surface area contributed by atoms with E-state index in [0.29, 0.717) is 6.54 Å². The highest BCUT2D eigenvalue weighted by atomic mass is 32.2. The van der Waals surface area contributed by atoms with Crippen LogP contribution in [0, 0.1) is 12.8 Å². The van der Waals surface area contributed by atoms with E-state index >= 15 is 0 Å². The number of nitrogens with one attached hydrogen (secondary N) is 1. The number of benzene rings is 2. The summed E-state index contributed by atoms with van der Waals surface area (Å²) in [6.07, 6.45) is 5.24. The van der Waals surface area contributed by atoms with Gasteiger partial charge in [-0.25, -0.2) is 9.97 Å². The predicted octanol–water partition coefficient (Wildman–Crippen LogP) is 4.80. The Kier molecular flexibility index (Phi) is 6.72. The van der Waals surface area contributed by atoms with E-state index in [0.717, 1.165) is 46.6 Å². The van der Waals surface area contributed by atoms with Crippen LogP contribution in [0.4, 0.5) is 11.5 Å². The lowest BCUT2D eigenvalue weighted by Gasteiger charge is -2.33. The van der Waals surface area contributed by atoms with Crippen molar-refractivity contribution < 1.29 is 9.53 Å². The fourth-order valence-corrected chi connectivity index (χ4v) is 4.70. The molecule has 6 nitrogen and oxygen atoms in total. The molecule has 3 aromatic rings. The molecule has 0 radical (unpaired) electrons. The molecule has 1 aliphatic heterocycles. The first-order valence-electron chi connectivity index (χ1n) is 10.4. The average molecular weight is 435 g/mol. The molecular weight excluding hydrogens is 408 g/mol. The summed E-state index contributed by atoms with van der Waals surface area (Å²) in [6.45, 7) is 3.58. The first-order valence-corrected chi connectivity index (χ1v) is 11.2. The molecule has 1 aromatic heterocycles. The molecule has 1 aliphatic rings. The van der Waals surface area contributed by atoms with Gasteiger partial charge in [-0.15, -0.1) is 0 Å². The van der Waals surface area contributed by atoms with Gasteiger partial charge in [0, 0.05) is 36.1 Å². The number of methoxy groups -OCH3 is 1. The van der Waals surface area contributed by atoms with Crippen molar-refractivity contribution in [1.82, 2.24) is 9.97 Å². The van der Waals surface area contributed by atoms with Gasteiger partial charge in [-0.3, -0.25) is 4.79 Å². The Labute approximate surface area is 187 Å². The second-order valence-electron chi connectivity index (χ2n) is 7.61. The van der Waals surface area contributed by atoms with E-state index in [1.807, 2.05) is 30.3 Å². The van der Waals surface area contributed by atoms with E-state index in [1.54, 1.807) is 31.3 Å². The second kappa shape index (κ2) is 9.83. The van der Waals surface area contributed by atoms with E-state index in [2.05, 4.69) is 45.3 Å². The van der Waals surface area contributed by atoms with Crippen LogP contribution in [0.2, 0.25) is 0 Å². The molecular formula is C24H26N4O2S. The Hall–Kier alpha value is -3.06. The molecule has 7 heteroatoms. The molecule has 0 unspecified atom stereocenters. The summed E-state index contributed by atoms with van der Waals surface area (Å²) in [4.78, 5) is 25.4. The summed E-state index contributed by atoms with van der Waals surface area (Å²) in [5, 5.41) is 3.90. The Bertz CT molecular complexity index is 1040. The number of amides is 1. The Balaban J connectivity index is 1.46. The number of nitrogens with zero attached hydrogens (tertiary/aromatic N) is 3. The highest BCUT2D eigenvalue weighted by molar-refractivity contribution is 7.99. The van der Waals surface area contributed by atoms with E-state index in [4.69, 9.17) is 4.74 Å². The highest BCUT2D eigenvalue weighted by Gasteiger charge is 2.28. The van der Waals surface area contributed by atoms with Crippen molar-refractivity contribution in [2.45, 2.75) is 29.7 Å². The summed E-state index contributed by atoms with van der Waals surface area (Å²) >= 11 is 1.61. The highest BCUT2D eigenvalue weighted by Crippen LogP contribution is 2.34.